The van der Waals surface area contributed by atoms with Crippen LogP contribution in [0.2, 0.25) is 0 Å². The minimum atomic E-state index is -0.787. The number of rotatable bonds is 6. The standard InChI is InChI=1S/C10H16N2O3S2/c1-4-17(14)6-5-11-10-12-8(7(2)16-10)9(13)15-3/h4-6H2,1-3H3,(H,11,12). The van der Waals surface area contributed by atoms with E-state index in [1.807, 2.05) is 13.8 Å². The molecule has 0 aliphatic rings. The van der Waals surface area contributed by atoms with E-state index in [1.54, 1.807) is 0 Å². The van der Waals surface area contributed by atoms with Crippen LogP contribution in [0.15, 0.2) is 0 Å². The summed E-state index contributed by atoms with van der Waals surface area (Å²) in [5.74, 6) is 0.818. The number of carbonyl (C=O) groups is 1. The van der Waals surface area contributed by atoms with Gasteiger partial charge in [0.1, 0.15) is 0 Å². The zero-order valence-electron chi connectivity index (χ0n) is 10.1. The van der Waals surface area contributed by atoms with Gasteiger partial charge in [0, 0.05) is 33.7 Å². The second-order valence-corrected chi connectivity index (χ2v) is 6.34. The molecular weight excluding hydrogens is 260 g/mol. The topological polar surface area (TPSA) is 68.3 Å². The summed E-state index contributed by atoms with van der Waals surface area (Å²) in [6, 6.07) is 0. The molecule has 0 bridgehead atoms. The molecule has 96 valence electrons. The summed E-state index contributed by atoms with van der Waals surface area (Å²) in [7, 11) is 0.545. The summed E-state index contributed by atoms with van der Waals surface area (Å²) in [5.41, 5.74) is 0.344. The highest BCUT2D eigenvalue weighted by Gasteiger charge is 2.15. The van der Waals surface area contributed by atoms with Crippen molar-refractivity contribution in [2.75, 3.05) is 30.5 Å². The van der Waals surface area contributed by atoms with E-state index in [2.05, 4.69) is 15.0 Å². The molecule has 0 fully saturated rings. The van der Waals surface area contributed by atoms with Crippen molar-refractivity contribution in [3.63, 3.8) is 0 Å². The first-order valence-corrected chi connectivity index (χ1v) is 7.53. The monoisotopic (exact) mass is 276 g/mol. The highest BCUT2D eigenvalue weighted by atomic mass is 32.2. The number of nitrogens with one attached hydrogen (secondary N) is 1. The van der Waals surface area contributed by atoms with E-state index in [0.717, 1.165) is 4.88 Å². The number of aryl methyl sites for hydroxylation is 1. The first-order chi connectivity index (χ1) is 8.08. The Morgan fingerprint density at radius 2 is 2.29 bits per heavy atom. The Hall–Kier alpha value is -0.950. The van der Waals surface area contributed by atoms with Crippen LogP contribution in [0.25, 0.3) is 0 Å². The molecule has 0 radical (unpaired) electrons. The van der Waals surface area contributed by atoms with Crippen molar-refractivity contribution in [2.45, 2.75) is 13.8 Å². The molecule has 0 spiro atoms. The predicted molar refractivity (Wildman–Crippen MR) is 70.2 cm³/mol. The number of carbonyl (C=O) groups excluding carboxylic acids is 1. The smallest absolute Gasteiger partial charge is 0.357 e. The Bertz CT molecular complexity index is 418. The van der Waals surface area contributed by atoms with Gasteiger partial charge in [-0.1, -0.05) is 6.92 Å². The van der Waals surface area contributed by atoms with Crippen LogP contribution in [-0.4, -0.2) is 40.3 Å². The number of nitrogens with zero attached hydrogens (tertiary/aromatic N) is 1. The quantitative estimate of drug-likeness (QED) is 0.796. The Balaban J connectivity index is 2.56. The van der Waals surface area contributed by atoms with Crippen LogP contribution in [-0.2, 0) is 15.5 Å². The van der Waals surface area contributed by atoms with Crippen LogP contribution >= 0.6 is 11.3 Å². The van der Waals surface area contributed by atoms with Crippen LogP contribution in [0.5, 0.6) is 0 Å². The third kappa shape index (κ3) is 4.08. The molecule has 0 saturated carbocycles. The summed E-state index contributed by atoms with van der Waals surface area (Å²) in [6.45, 7) is 4.30. The highest BCUT2D eigenvalue weighted by molar-refractivity contribution is 7.84. The molecule has 1 atom stereocenters. The van der Waals surface area contributed by atoms with Gasteiger partial charge in [0.2, 0.25) is 0 Å². The van der Waals surface area contributed by atoms with Gasteiger partial charge in [0.15, 0.2) is 10.8 Å². The van der Waals surface area contributed by atoms with Crippen molar-refractivity contribution in [1.82, 2.24) is 4.98 Å². The summed E-state index contributed by atoms with van der Waals surface area (Å²) in [5, 5.41) is 3.72. The summed E-state index contributed by atoms with van der Waals surface area (Å²) >= 11 is 1.40. The molecular formula is C10H16N2O3S2. The third-order valence-electron chi connectivity index (χ3n) is 2.10. The molecule has 1 aromatic rings. The number of thiazole rings is 1. The fourth-order valence-electron chi connectivity index (χ4n) is 1.17. The summed E-state index contributed by atoms with van der Waals surface area (Å²) in [4.78, 5) is 16.3. The lowest BCUT2D eigenvalue weighted by Crippen LogP contribution is -2.12. The van der Waals surface area contributed by atoms with Crippen molar-refractivity contribution in [1.29, 1.82) is 0 Å². The zero-order chi connectivity index (χ0) is 12.8. The van der Waals surface area contributed by atoms with E-state index >= 15 is 0 Å². The number of hydrogen-bond donors (Lipinski definition) is 1. The maximum atomic E-state index is 11.3. The van der Waals surface area contributed by atoms with E-state index in [0.29, 0.717) is 28.9 Å². The first kappa shape index (κ1) is 14.1. The molecule has 1 unspecified atom stereocenters. The molecule has 0 aliphatic carbocycles. The van der Waals surface area contributed by atoms with Crippen molar-refractivity contribution >= 4 is 33.2 Å². The van der Waals surface area contributed by atoms with Gasteiger partial charge in [0.25, 0.3) is 0 Å². The van der Waals surface area contributed by atoms with Gasteiger partial charge in [-0.15, -0.1) is 11.3 Å². The lowest BCUT2D eigenvalue weighted by atomic mass is 10.4. The Kier molecular flexibility index (Phi) is 5.57. The normalized spacial score (nSPS) is 12.2. The summed E-state index contributed by atoms with van der Waals surface area (Å²) < 4.78 is 15.8. The zero-order valence-corrected chi connectivity index (χ0v) is 11.7. The number of esters is 1. The van der Waals surface area contributed by atoms with Crippen molar-refractivity contribution in [3.05, 3.63) is 10.6 Å². The van der Waals surface area contributed by atoms with Gasteiger partial charge in [-0.25, -0.2) is 9.78 Å². The minimum Gasteiger partial charge on any atom is -0.464 e. The lowest BCUT2D eigenvalue weighted by molar-refractivity contribution is 0.0594. The van der Waals surface area contributed by atoms with Crippen molar-refractivity contribution in [3.8, 4) is 0 Å². The minimum absolute atomic E-state index is 0.344. The van der Waals surface area contributed by atoms with Gasteiger partial charge in [-0.2, -0.15) is 0 Å². The second-order valence-electron chi connectivity index (χ2n) is 3.27. The number of methoxy groups -OCH3 is 1. The number of anilines is 1. The lowest BCUT2D eigenvalue weighted by Gasteiger charge is -2.00. The van der Waals surface area contributed by atoms with E-state index in [9.17, 15) is 9.00 Å². The Labute approximate surface area is 107 Å². The molecule has 0 amide bonds. The van der Waals surface area contributed by atoms with Crippen LogP contribution in [0.1, 0.15) is 22.3 Å². The van der Waals surface area contributed by atoms with Crippen molar-refractivity contribution < 1.29 is 13.7 Å². The van der Waals surface area contributed by atoms with Gasteiger partial charge in [-0.05, 0) is 6.92 Å². The molecule has 1 heterocycles. The fourth-order valence-corrected chi connectivity index (χ4v) is 2.62. The van der Waals surface area contributed by atoms with E-state index in [-0.39, 0.29) is 0 Å². The maximum absolute atomic E-state index is 11.3. The highest BCUT2D eigenvalue weighted by Crippen LogP contribution is 2.22. The molecule has 0 aromatic carbocycles. The van der Waals surface area contributed by atoms with Gasteiger partial charge in [0.05, 0.1) is 7.11 Å². The predicted octanol–water partition coefficient (Wildman–Crippen LogP) is 1.42. The van der Waals surface area contributed by atoms with Crippen LogP contribution in [0.3, 0.4) is 0 Å². The van der Waals surface area contributed by atoms with Gasteiger partial charge >= 0.3 is 5.97 Å². The third-order valence-corrected chi connectivity index (χ3v) is 4.34. The van der Waals surface area contributed by atoms with Crippen LogP contribution in [0.4, 0.5) is 5.13 Å². The molecule has 1 aromatic heterocycles. The van der Waals surface area contributed by atoms with E-state index < -0.39 is 16.8 Å². The van der Waals surface area contributed by atoms with Crippen LogP contribution < -0.4 is 5.32 Å². The average molecular weight is 276 g/mol. The second kappa shape index (κ2) is 6.70. The van der Waals surface area contributed by atoms with Crippen molar-refractivity contribution in [2.24, 2.45) is 0 Å². The largest absolute Gasteiger partial charge is 0.464 e. The van der Waals surface area contributed by atoms with Crippen LogP contribution in [0, 0.1) is 6.92 Å². The van der Waals surface area contributed by atoms with E-state index in [1.165, 1.54) is 18.4 Å². The Morgan fingerprint density at radius 1 is 1.59 bits per heavy atom. The molecule has 0 aliphatic heterocycles. The Morgan fingerprint density at radius 3 is 2.88 bits per heavy atom. The number of aromatic nitrogens is 1. The first-order valence-electron chi connectivity index (χ1n) is 5.23. The molecule has 5 nitrogen and oxygen atoms in total. The molecule has 1 rings (SSSR count). The van der Waals surface area contributed by atoms with Gasteiger partial charge < -0.3 is 10.1 Å². The molecule has 7 heteroatoms. The average Bonchev–Trinajstić information content (AvgIpc) is 2.69. The maximum Gasteiger partial charge on any atom is 0.357 e. The summed E-state index contributed by atoms with van der Waals surface area (Å²) in [6.07, 6.45) is 0. The van der Waals surface area contributed by atoms with Gasteiger partial charge in [-0.3, -0.25) is 4.21 Å². The fraction of sp³-hybridized carbons (Fsp3) is 0.600. The number of hydrogen-bond acceptors (Lipinski definition) is 6. The molecule has 1 N–H and O–H groups in total. The SMILES string of the molecule is CCS(=O)CCNc1nc(C(=O)OC)c(C)s1. The number of ether oxygens (including phenoxy) is 1. The van der Waals surface area contributed by atoms with E-state index in [4.69, 9.17) is 0 Å². The molecule has 0 saturated heterocycles. The molecule has 17 heavy (non-hydrogen) atoms.